The molecule has 0 aliphatic carbocycles. The molecule has 2 aromatic rings. The number of nitrogens with zero attached hydrogens (tertiary/aromatic N) is 1. The smallest absolute Gasteiger partial charge is 0.362 e. The van der Waals surface area contributed by atoms with Crippen LogP contribution in [0.4, 0.5) is 0 Å². The van der Waals surface area contributed by atoms with Gasteiger partial charge in [-0.15, -0.1) is 0 Å². The van der Waals surface area contributed by atoms with Crippen LogP contribution in [0.5, 0.6) is 5.75 Å². The van der Waals surface area contributed by atoms with Gasteiger partial charge in [0.25, 0.3) is 0 Å². The fourth-order valence-corrected chi connectivity index (χ4v) is 1.13. The normalized spacial score (nSPS) is 8.82. The third-order valence-electron chi connectivity index (χ3n) is 1.83. The zero-order chi connectivity index (χ0) is 12.5. The van der Waals surface area contributed by atoms with E-state index < -0.39 is 5.97 Å². The van der Waals surface area contributed by atoms with Gasteiger partial charge in [0.05, 0.1) is 0 Å². The molecule has 0 amide bonds. The number of carbonyl (C=O) groups excluding carboxylic acids is 1. The number of benzene rings is 1. The Balaban J connectivity index is 0.000000686. The molecule has 0 saturated carbocycles. The second-order valence-electron chi connectivity index (χ2n) is 2.92. The number of hydrogen-bond donors (Lipinski definition) is 0. The Labute approximate surface area is 101 Å². The Bertz CT molecular complexity index is 440. The van der Waals surface area contributed by atoms with Gasteiger partial charge in [-0.25, -0.2) is 9.78 Å². The van der Waals surface area contributed by atoms with E-state index in [4.69, 9.17) is 4.74 Å². The lowest BCUT2D eigenvalue weighted by Crippen LogP contribution is -2.09. The van der Waals surface area contributed by atoms with Crippen LogP contribution in [0.3, 0.4) is 0 Å². The molecule has 1 heterocycles. The van der Waals surface area contributed by atoms with E-state index >= 15 is 0 Å². The van der Waals surface area contributed by atoms with Crippen LogP contribution in [0.25, 0.3) is 0 Å². The summed E-state index contributed by atoms with van der Waals surface area (Å²) < 4.78 is 5.10. The van der Waals surface area contributed by atoms with Crippen LogP contribution in [0.15, 0.2) is 54.7 Å². The monoisotopic (exact) mass is 229 g/mol. The summed E-state index contributed by atoms with van der Waals surface area (Å²) in [7, 11) is 0. The van der Waals surface area contributed by atoms with Crippen molar-refractivity contribution >= 4 is 5.97 Å². The lowest BCUT2D eigenvalue weighted by Gasteiger charge is -2.02. The maximum Gasteiger partial charge on any atom is 0.362 e. The van der Waals surface area contributed by atoms with E-state index in [2.05, 4.69) is 4.98 Å². The minimum atomic E-state index is -0.443. The molecule has 0 bridgehead atoms. The second kappa shape index (κ2) is 7.17. The maximum atomic E-state index is 11.5. The Kier molecular flexibility index (Phi) is 5.44. The van der Waals surface area contributed by atoms with Crippen molar-refractivity contribution in [3.8, 4) is 5.75 Å². The number of ether oxygens (including phenoxy) is 1. The second-order valence-corrected chi connectivity index (χ2v) is 2.92. The van der Waals surface area contributed by atoms with Crippen molar-refractivity contribution in [3.63, 3.8) is 0 Å². The summed E-state index contributed by atoms with van der Waals surface area (Å²) in [6.45, 7) is 4.00. The van der Waals surface area contributed by atoms with Crippen LogP contribution in [-0.4, -0.2) is 11.0 Å². The van der Waals surface area contributed by atoms with Crippen molar-refractivity contribution in [1.82, 2.24) is 4.98 Å². The molecule has 0 saturated heterocycles. The standard InChI is InChI=1S/C12H9NO2.C2H6/c14-12(11-8-4-5-9-13-11)15-10-6-2-1-3-7-10;1-2/h1-9H;1-2H3. The molecule has 88 valence electrons. The van der Waals surface area contributed by atoms with Gasteiger partial charge in [-0.3, -0.25) is 0 Å². The summed E-state index contributed by atoms with van der Waals surface area (Å²) in [5.41, 5.74) is 0.307. The van der Waals surface area contributed by atoms with Crippen molar-refractivity contribution in [2.24, 2.45) is 0 Å². The summed E-state index contributed by atoms with van der Waals surface area (Å²) in [6.07, 6.45) is 1.56. The molecule has 1 aromatic heterocycles. The molecule has 17 heavy (non-hydrogen) atoms. The number of para-hydroxylation sites is 1. The van der Waals surface area contributed by atoms with Crippen molar-refractivity contribution in [1.29, 1.82) is 0 Å². The van der Waals surface area contributed by atoms with E-state index in [0.717, 1.165) is 0 Å². The van der Waals surface area contributed by atoms with Gasteiger partial charge >= 0.3 is 5.97 Å². The summed E-state index contributed by atoms with van der Waals surface area (Å²) in [5.74, 6) is 0.0787. The first kappa shape index (κ1) is 12.9. The average Bonchev–Trinajstić information content (AvgIpc) is 2.43. The first-order valence-electron chi connectivity index (χ1n) is 5.54. The molecule has 0 fully saturated rings. The third-order valence-corrected chi connectivity index (χ3v) is 1.83. The highest BCUT2D eigenvalue weighted by Crippen LogP contribution is 2.10. The Hall–Kier alpha value is -2.16. The van der Waals surface area contributed by atoms with E-state index in [1.165, 1.54) is 0 Å². The predicted octanol–water partition coefficient (Wildman–Crippen LogP) is 3.33. The van der Waals surface area contributed by atoms with Gasteiger partial charge < -0.3 is 4.74 Å². The number of hydrogen-bond acceptors (Lipinski definition) is 3. The minimum absolute atomic E-state index is 0.307. The molecule has 0 unspecified atom stereocenters. The SMILES string of the molecule is CC.O=C(Oc1ccccc1)c1ccccn1. The highest BCUT2D eigenvalue weighted by atomic mass is 16.5. The van der Waals surface area contributed by atoms with E-state index in [1.54, 1.807) is 48.7 Å². The topological polar surface area (TPSA) is 39.2 Å². The van der Waals surface area contributed by atoms with Crippen LogP contribution >= 0.6 is 0 Å². The van der Waals surface area contributed by atoms with Crippen molar-refractivity contribution in [2.45, 2.75) is 13.8 Å². The summed E-state index contributed by atoms with van der Waals surface area (Å²) >= 11 is 0. The number of pyridine rings is 1. The van der Waals surface area contributed by atoms with Gasteiger partial charge in [0.2, 0.25) is 0 Å². The van der Waals surface area contributed by atoms with E-state index in [9.17, 15) is 4.79 Å². The molecular weight excluding hydrogens is 214 g/mol. The van der Waals surface area contributed by atoms with E-state index in [-0.39, 0.29) is 0 Å². The third kappa shape index (κ3) is 4.07. The molecule has 3 heteroatoms. The van der Waals surface area contributed by atoms with Gasteiger partial charge in [0.1, 0.15) is 11.4 Å². The van der Waals surface area contributed by atoms with Crippen molar-refractivity contribution < 1.29 is 9.53 Å². The molecule has 0 N–H and O–H groups in total. The van der Waals surface area contributed by atoms with Crippen molar-refractivity contribution in [2.75, 3.05) is 0 Å². The largest absolute Gasteiger partial charge is 0.422 e. The summed E-state index contributed by atoms with van der Waals surface area (Å²) in [5, 5.41) is 0. The zero-order valence-electron chi connectivity index (χ0n) is 9.96. The Morgan fingerprint density at radius 2 is 1.65 bits per heavy atom. The molecule has 3 nitrogen and oxygen atoms in total. The molecular formula is C14H15NO2. The lowest BCUT2D eigenvalue weighted by atomic mass is 10.3. The van der Waals surface area contributed by atoms with Gasteiger partial charge in [-0.05, 0) is 24.3 Å². The van der Waals surface area contributed by atoms with E-state index in [0.29, 0.717) is 11.4 Å². The molecule has 0 atom stereocenters. The fraction of sp³-hybridized carbons (Fsp3) is 0.143. The van der Waals surface area contributed by atoms with Crippen LogP contribution in [0.1, 0.15) is 24.3 Å². The molecule has 2 rings (SSSR count). The Morgan fingerprint density at radius 1 is 1.00 bits per heavy atom. The van der Waals surface area contributed by atoms with Crippen molar-refractivity contribution in [3.05, 3.63) is 60.4 Å². The fourth-order valence-electron chi connectivity index (χ4n) is 1.13. The van der Waals surface area contributed by atoms with Crippen LogP contribution in [-0.2, 0) is 0 Å². The molecule has 0 spiro atoms. The first-order valence-corrected chi connectivity index (χ1v) is 5.54. The average molecular weight is 229 g/mol. The molecule has 1 aromatic carbocycles. The van der Waals surface area contributed by atoms with Gasteiger partial charge in [0.15, 0.2) is 0 Å². The summed E-state index contributed by atoms with van der Waals surface area (Å²) in [6, 6.07) is 14.0. The number of rotatable bonds is 2. The number of aromatic nitrogens is 1. The quantitative estimate of drug-likeness (QED) is 0.585. The van der Waals surface area contributed by atoms with Crippen LogP contribution in [0.2, 0.25) is 0 Å². The maximum absolute atomic E-state index is 11.5. The first-order chi connectivity index (χ1) is 8.36. The van der Waals surface area contributed by atoms with Gasteiger partial charge in [0, 0.05) is 6.20 Å². The highest BCUT2D eigenvalue weighted by molar-refractivity contribution is 5.88. The highest BCUT2D eigenvalue weighted by Gasteiger charge is 2.08. The number of carbonyl (C=O) groups is 1. The lowest BCUT2D eigenvalue weighted by molar-refractivity contribution is 0.0728. The Morgan fingerprint density at radius 3 is 2.24 bits per heavy atom. The van der Waals surface area contributed by atoms with Gasteiger partial charge in [-0.1, -0.05) is 38.1 Å². The van der Waals surface area contributed by atoms with Crippen LogP contribution < -0.4 is 4.74 Å². The zero-order valence-corrected chi connectivity index (χ0v) is 9.96. The number of esters is 1. The van der Waals surface area contributed by atoms with E-state index in [1.807, 2.05) is 19.9 Å². The minimum Gasteiger partial charge on any atom is -0.422 e. The predicted molar refractivity (Wildman–Crippen MR) is 67.0 cm³/mol. The molecule has 0 aliphatic heterocycles. The summed E-state index contributed by atoms with van der Waals surface area (Å²) in [4.78, 5) is 15.4. The van der Waals surface area contributed by atoms with Crippen LogP contribution in [0, 0.1) is 0 Å². The molecule has 0 radical (unpaired) electrons. The molecule has 0 aliphatic rings. The van der Waals surface area contributed by atoms with Gasteiger partial charge in [-0.2, -0.15) is 0 Å².